The number of piperidine rings is 4. The van der Waals surface area contributed by atoms with Gasteiger partial charge in [0.15, 0.2) is 5.69 Å². The Morgan fingerprint density at radius 3 is 1.83 bits per heavy atom. The number of hydrogen-bond acceptors (Lipinski definition) is 13. The molecule has 66 heavy (non-hydrogen) atoms. The van der Waals surface area contributed by atoms with E-state index in [4.69, 9.17) is 5.26 Å². The van der Waals surface area contributed by atoms with Crippen LogP contribution in [0.3, 0.4) is 0 Å². The van der Waals surface area contributed by atoms with Crippen LogP contribution in [0.2, 0.25) is 0 Å². The van der Waals surface area contributed by atoms with Crippen LogP contribution in [0.25, 0.3) is 0 Å². The number of nitrogens with one attached hydrogen (secondary N) is 2. The largest absolute Gasteiger partial charge is 0.419 e. The van der Waals surface area contributed by atoms with E-state index in [-0.39, 0.29) is 30.4 Å². The molecule has 0 radical (unpaired) electrons. The standard InChI is InChI=1S/C47H54F3N11O5/c48-47(49,50)38-24-35(27-52-39(38)25-51)60-17-11-32(12-18-60)43(63)54-41-5-2-34(26-53-41)59-15-9-31(10-16-59)29-57-21-19-56(20-22-57)28-30-7-13-58(14-8-30)33-1-3-36-37(23-33)46(66)61(45(36)65)40-4-6-42(62)55-44(40)64/h1-3,5,23-24,26-27,30-32,40H,4,6-22,28-29H2,(H,53,54,63)(H,55,62,64). The van der Waals surface area contributed by atoms with E-state index in [1.165, 1.54) is 12.3 Å². The molecule has 5 saturated heterocycles. The van der Waals surface area contributed by atoms with Crippen LogP contribution in [-0.2, 0) is 20.6 Å². The van der Waals surface area contributed by atoms with Crippen LogP contribution in [-0.4, -0.2) is 139 Å². The molecule has 0 saturated carbocycles. The average molecular weight is 910 g/mol. The first-order valence-electron chi connectivity index (χ1n) is 23.1. The zero-order chi connectivity index (χ0) is 46.1. The highest BCUT2D eigenvalue weighted by Gasteiger charge is 2.45. The number of aromatic nitrogens is 2. The van der Waals surface area contributed by atoms with Crippen molar-refractivity contribution in [1.82, 2.24) is 30.0 Å². The second-order valence-electron chi connectivity index (χ2n) is 18.5. The molecule has 9 rings (SSSR count). The number of nitrogens with zero attached hydrogens (tertiary/aromatic N) is 9. The molecule has 1 atom stereocenters. The Morgan fingerprint density at radius 2 is 1.26 bits per heavy atom. The van der Waals surface area contributed by atoms with Gasteiger partial charge in [-0.25, -0.2) is 9.97 Å². The molecule has 0 bridgehead atoms. The van der Waals surface area contributed by atoms with Crippen molar-refractivity contribution in [2.24, 2.45) is 17.8 Å². The molecule has 2 N–H and O–H groups in total. The fourth-order valence-electron chi connectivity index (χ4n) is 10.5. The van der Waals surface area contributed by atoms with Gasteiger partial charge in [-0.15, -0.1) is 0 Å². The van der Waals surface area contributed by atoms with Gasteiger partial charge in [-0.1, -0.05) is 0 Å². The van der Waals surface area contributed by atoms with Gasteiger partial charge in [0.05, 0.1) is 40.5 Å². The van der Waals surface area contributed by atoms with E-state index in [1.807, 2.05) is 18.2 Å². The Labute approximate surface area is 381 Å². The second-order valence-corrected chi connectivity index (χ2v) is 18.5. The number of nitriles is 1. The number of carbonyl (C=O) groups excluding carboxylic acids is 5. The van der Waals surface area contributed by atoms with Crippen molar-refractivity contribution >= 4 is 52.4 Å². The number of piperazine rings is 1. The predicted molar refractivity (Wildman–Crippen MR) is 238 cm³/mol. The SMILES string of the molecule is N#Cc1ncc(N2CCC(C(=O)Nc3ccc(N4CCC(CN5CCN(CC6CCN(c7ccc8c(c7)C(=O)N(C7CCC(=O)NC7=O)C8=O)CC6)CC5)CC4)cn3)CC2)cc1C(F)(F)F. The highest BCUT2D eigenvalue weighted by atomic mass is 19.4. The Kier molecular flexibility index (Phi) is 13.0. The van der Waals surface area contributed by atoms with Crippen molar-refractivity contribution in [3.8, 4) is 6.07 Å². The van der Waals surface area contributed by atoms with Crippen LogP contribution in [0.5, 0.6) is 0 Å². The fraction of sp³-hybridized carbons (Fsp3) is 0.532. The number of hydrogen-bond donors (Lipinski definition) is 2. The van der Waals surface area contributed by atoms with Gasteiger partial charge in [-0.05, 0) is 93.2 Å². The third-order valence-corrected chi connectivity index (χ3v) is 14.4. The number of anilines is 4. The molecule has 1 aromatic carbocycles. The third kappa shape index (κ3) is 9.71. The van der Waals surface area contributed by atoms with E-state index in [2.05, 4.69) is 40.2 Å². The van der Waals surface area contributed by atoms with Gasteiger partial charge in [0.1, 0.15) is 17.9 Å². The topological polar surface area (TPSA) is 178 Å². The lowest BCUT2D eigenvalue weighted by Gasteiger charge is -2.41. The monoisotopic (exact) mass is 909 g/mol. The number of fused-ring (bicyclic) bond motifs is 1. The highest BCUT2D eigenvalue weighted by Crippen LogP contribution is 2.36. The second kappa shape index (κ2) is 19.0. The molecular formula is C47H54F3N11O5. The van der Waals surface area contributed by atoms with Gasteiger partial charge in [0.25, 0.3) is 11.8 Å². The summed E-state index contributed by atoms with van der Waals surface area (Å²) < 4.78 is 40.4. The van der Waals surface area contributed by atoms with Gasteiger partial charge in [0, 0.05) is 96.6 Å². The van der Waals surface area contributed by atoms with E-state index in [1.54, 1.807) is 23.2 Å². The molecule has 3 aromatic rings. The Morgan fingerprint density at radius 1 is 0.697 bits per heavy atom. The molecule has 6 aliphatic heterocycles. The molecule has 348 valence electrons. The van der Waals surface area contributed by atoms with E-state index in [0.29, 0.717) is 54.7 Å². The molecule has 5 fully saturated rings. The van der Waals surface area contributed by atoms with E-state index >= 15 is 0 Å². The first kappa shape index (κ1) is 45.0. The summed E-state index contributed by atoms with van der Waals surface area (Å²) in [6, 6.07) is 10.7. The summed E-state index contributed by atoms with van der Waals surface area (Å²) in [6.07, 6.45) is 3.82. The molecule has 2 aromatic heterocycles. The summed E-state index contributed by atoms with van der Waals surface area (Å²) in [4.78, 5) is 84.5. The molecule has 0 spiro atoms. The van der Waals surface area contributed by atoms with Crippen molar-refractivity contribution in [2.75, 3.05) is 98.6 Å². The smallest absolute Gasteiger partial charge is 0.371 e. The number of halogens is 3. The minimum atomic E-state index is -4.68. The maximum absolute atomic E-state index is 13.5. The third-order valence-electron chi connectivity index (χ3n) is 14.4. The van der Waals surface area contributed by atoms with Crippen molar-refractivity contribution in [1.29, 1.82) is 5.26 Å². The molecule has 6 aliphatic rings. The van der Waals surface area contributed by atoms with Gasteiger partial charge < -0.3 is 29.8 Å². The Bertz CT molecular complexity index is 2380. The number of rotatable bonds is 10. The van der Waals surface area contributed by atoms with Crippen LogP contribution in [0, 0.1) is 29.1 Å². The van der Waals surface area contributed by atoms with Crippen molar-refractivity contribution in [2.45, 2.75) is 63.6 Å². The average Bonchev–Trinajstić information content (AvgIpc) is 3.57. The lowest BCUT2D eigenvalue weighted by Crippen LogP contribution is -2.54. The minimum Gasteiger partial charge on any atom is -0.371 e. The van der Waals surface area contributed by atoms with Crippen LogP contribution < -0.4 is 25.3 Å². The summed E-state index contributed by atoms with van der Waals surface area (Å²) in [6.45, 7) is 10.8. The maximum atomic E-state index is 13.5. The predicted octanol–water partition coefficient (Wildman–Crippen LogP) is 4.37. The number of benzene rings is 1. The summed E-state index contributed by atoms with van der Waals surface area (Å²) in [5, 5.41) is 14.2. The lowest BCUT2D eigenvalue weighted by molar-refractivity contribution is -0.138. The van der Waals surface area contributed by atoms with Gasteiger partial charge in [-0.2, -0.15) is 18.4 Å². The van der Waals surface area contributed by atoms with Gasteiger partial charge in [-0.3, -0.25) is 34.2 Å². The number of carbonyl (C=O) groups is 5. The minimum absolute atomic E-state index is 0.0898. The maximum Gasteiger partial charge on any atom is 0.419 e. The molecule has 1 unspecified atom stereocenters. The molecule has 8 heterocycles. The number of imide groups is 2. The molecule has 19 heteroatoms. The Balaban J connectivity index is 0.661. The first-order valence-corrected chi connectivity index (χ1v) is 23.1. The lowest BCUT2D eigenvalue weighted by atomic mass is 9.94. The van der Waals surface area contributed by atoms with Gasteiger partial charge >= 0.3 is 6.18 Å². The summed E-state index contributed by atoms with van der Waals surface area (Å²) >= 11 is 0. The zero-order valence-corrected chi connectivity index (χ0v) is 36.8. The molecule has 0 aliphatic carbocycles. The molecule has 5 amide bonds. The number of amides is 5. The van der Waals surface area contributed by atoms with Crippen LogP contribution >= 0.6 is 0 Å². The van der Waals surface area contributed by atoms with Gasteiger partial charge in [0.2, 0.25) is 17.7 Å². The number of alkyl halides is 3. The van der Waals surface area contributed by atoms with Crippen LogP contribution in [0.4, 0.5) is 36.1 Å². The number of pyridine rings is 2. The summed E-state index contributed by atoms with van der Waals surface area (Å²) in [5.41, 5.74) is 1.10. The Hall–Kier alpha value is -6.13. The quantitative estimate of drug-likeness (QED) is 0.275. The summed E-state index contributed by atoms with van der Waals surface area (Å²) in [7, 11) is 0. The van der Waals surface area contributed by atoms with Crippen molar-refractivity contribution in [3.05, 3.63) is 71.2 Å². The van der Waals surface area contributed by atoms with E-state index in [0.717, 1.165) is 113 Å². The summed E-state index contributed by atoms with van der Waals surface area (Å²) in [5.74, 6) is -0.755. The van der Waals surface area contributed by atoms with Crippen molar-refractivity contribution < 1.29 is 37.1 Å². The van der Waals surface area contributed by atoms with Crippen molar-refractivity contribution in [3.63, 3.8) is 0 Å². The highest BCUT2D eigenvalue weighted by molar-refractivity contribution is 6.23. The van der Waals surface area contributed by atoms with Crippen LogP contribution in [0.15, 0.2) is 48.8 Å². The fourth-order valence-corrected chi connectivity index (χ4v) is 10.5. The molecule has 16 nitrogen and oxygen atoms in total. The van der Waals surface area contributed by atoms with E-state index in [9.17, 15) is 37.1 Å². The normalized spacial score (nSPS) is 22.1. The first-order chi connectivity index (χ1) is 31.8. The zero-order valence-electron chi connectivity index (χ0n) is 36.8. The van der Waals surface area contributed by atoms with Crippen LogP contribution in [0.1, 0.15) is 83.3 Å². The molecular weight excluding hydrogens is 856 g/mol. The van der Waals surface area contributed by atoms with E-state index < -0.39 is 47.1 Å².